The van der Waals surface area contributed by atoms with E-state index < -0.39 is 12.0 Å². The second-order valence-corrected chi connectivity index (χ2v) is 5.56. The molecule has 4 nitrogen and oxygen atoms in total. The van der Waals surface area contributed by atoms with Gasteiger partial charge in [0.15, 0.2) is 0 Å². The van der Waals surface area contributed by atoms with Crippen LogP contribution in [0, 0.1) is 0 Å². The molecule has 4 N–H and O–H groups in total. The summed E-state index contributed by atoms with van der Waals surface area (Å²) in [6.07, 6.45) is 0.288. The van der Waals surface area contributed by atoms with E-state index in [2.05, 4.69) is 0 Å². The van der Waals surface area contributed by atoms with Crippen LogP contribution in [0.3, 0.4) is 0 Å². The Hall–Kier alpha value is -1.55. The van der Waals surface area contributed by atoms with Crippen LogP contribution in [-0.2, 0) is 11.2 Å². The Bertz CT molecular complexity index is 437. The Balaban J connectivity index is 3.35. The lowest BCUT2D eigenvalue weighted by atomic mass is 9.85. The van der Waals surface area contributed by atoms with E-state index in [4.69, 9.17) is 10.8 Å². The fourth-order valence-electron chi connectivity index (χ4n) is 2.27. The summed E-state index contributed by atoms with van der Waals surface area (Å²) in [4.78, 5) is 11.0. The fraction of sp³-hybridized carbons (Fsp3) is 0.533. The molecule has 1 aromatic rings. The number of benzene rings is 1. The van der Waals surface area contributed by atoms with Crippen molar-refractivity contribution in [3.8, 4) is 5.75 Å². The van der Waals surface area contributed by atoms with E-state index in [1.54, 1.807) is 12.1 Å². The minimum Gasteiger partial charge on any atom is -0.508 e. The van der Waals surface area contributed by atoms with Crippen molar-refractivity contribution in [3.63, 3.8) is 0 Å². The third kappa shape index (κ3) is 3.70. The monoisotopic (exact) mass is 265 g/mol. The van der Waals surface area contributed by atoms with Crippen LogP contribution in [0.1, 0.15) is 56.2 Å². The number of carboxylic acid groups (broad SMARTS) is 1. The van der Waals surface area contributed by atoms with Gasteiger partial charge >= 0.3 is 5.97 Å². The molecule has 0 amide bonds. The minimum absolute atomic E-state index is 0.209. The van der Waals surface area contributed by atoms with Crippen molar-refractivity contribution < 1.29 is 15.0 Å². The van der Waals surface area contributed by atoms with Crippen LogP contribution in [0.5, 0.6) is 5.75 Å². The third-order valence-electron chi connectivity index (χ3n) is 3.29. The third-order valence-corrected chi connectivity index (χ3v) is 3.29. The molecule has 0 bridgehead atoms. The zero-order chi connectivity index (χ0) is 14.7. The van der Waals surface area contributed by atoms with E-state index >= 15 is 0 Å². The molecular formula is C15H23NO3. The standard InChI is InChI=1S/C15H23NO3/c1-8(2)11-5-10(17)6-12(9(3)4)13(11)7-14(16)15(18)19/h5-6,8-9,14,17H,7,16H2,1-4H3,(H,18,19)/t14-/m0/s1. The van der Waals surface area contributed by atoms with Gasteiger partial charge in [-0.15, -0.1) is 0 Å². The molecule has 0 saturated carbocycles. The summed E-state index contributed by atoms with van der Waals surface area (Å²) in [6.45, 7) is 8.09. The molecule has 1 rings (SSSR count). The molecule has 1 aromatic carbocycles. The lowest BCUT2D eigenvalue weighted by Gasteiger charge is -2.21. The maximum absolute atomic E-state index is 11.0. The van der Waals surface area contributed by atoms with Gasteiger partial charge in [0.05, 0.1) is 0 Å². The Morgan fingerprint density at radius 2 is 1.58 bits per heavy atom. The first-order valence-corrected chi connectivity index (χ1v) is 6.58. The van der Waals surface area contributed by atoms with Gasteiger partial charge in [0.25, 0.3) is 0 Å². The SMILES string of the molecule is CC(C)c1cc(O)cc(C(C)C)c1C[C@H](N)C(=O)O. The van der Waals surface area contributed by atoms with Crippen LogP contribution in [-0.4, -0.2) is 22.2 Å². The Morgan fingerprint density at radius 3 is 1.89 bits per heavy atom. The minimum atomic E-state index is -1.00. The molecule has 19 heavy (non-hydrogen) atoms. The van der Waals surface area contributed by atoms with Crippen LogP contribution >= 0.6 is 0 Å². The van der Waals surface area contributed by atoms with Gasteiger partial charge in [-0.1, -0.05) is 27.7 Å². The molecule has 0 aliphatic carbocycles. The van der Waals surface area contributed by atoms with Crippen LogP contribution in [0.25, 0.3) is 0 Å². The number of phenols is 1. The molecule has 1 atom stereocenters. The fourth-order valence-corrected chi connectivity index (χ4v) is 2.27. The quantitative estimate of drug-likeness (QED) is 0.764. The lowest BCUT2D eigenvalue weighted by Crippen LogP contribution is -2.33. The molecule has 0 fully saturated rings. The highest BCUT2D eigenvalue weighted by molar-refractivity contribution is 5.73. The average Bonchev–Trinajstić information content (AvgIpc) is 2.29. The van der Waals surface area contributed by atoms with E-state index in [1.807, 2.05) is 27.7 Å². The van der Waals surface area contributed by atoms with Gasteiger partial charge in [-0.2, -0.15) is 0 Å². The maximum atomic E-state index is 11.0. The summed E-state index contributed by atoms with van der Waals surface area (Å²) < 4.78 is 0. The van der Waals surface area contributed by atoms with E-state index in [-0.39, 0.29) is 24.0 Å². The van der Waals surface area contributed by atoms with Gasteiger partial charge in [0.2, 0.25) is 0 Å². The van der Waals surface area contributed by atoms with Gasteiger partial charge in [-0.25, -0.2) is 0 Å². The van der Waals surface area contributed by atoms with E-state index in [0.717, 1.165) is 16.7 Å². The van der Waals surface area contributed by atoms with Gasteiger partial charge in [-0.3, -0.25) is 4.79 Å². The van der Waals surface area contributed by atoms with Crippen molar-refractivity contribution in [2.75, 3.05) is 0 Å². The van der Waals surface area contributed by atoms with Gasteiger partial charge in [0.1, 0.15) is 11.8 Å². The maximum Gasteiger partial charge on any atom is 0.320 e. The Kier molecular flexibility index (Phi) is 4.95. The van der Waals surface area contributed by atoms with Crippen LogP contribution in [0.2, 0.25) is 0 Å². The molecule has 0 heterocycles. The number of carbonyl (C=O) groups is 1. The van der Waals surface area contributed by atoms with Crippen molar-refractivity contribution in [1.29, 1.82) is 0 Å². The number of nitrogens with two attached hydrogens (primary N) is 1. The number of aromatic hydroxyl groups is 1. The van der Waals surface area contributed by atoms with Crippen molar-refractivity contribution in [2.45, 2.75) is 52.0 Å². The number of hydrogen-bond acceptors (Lipinski definition) is 3. The van der Waals surface area contributed by atoms with Gasteiger partial charge < -0.3 is 15.9 Å². The Morgan fingerprint density at radius 1 is 1.16 bits per heavy atom. The second-order valence-electron chi connectivity index (χ2n) is 5.56. The molecule has 0 saturated heterocycles. The summed E-state index contributed by atoms with van der Waals surface area (Å²) in [6, 6.07) is 2.50. The first-order chi connectivity index (χ1) is 8.73. The summed E-state index contributed by atoms with van der Waals surface area (Å²) in [5, 5.41) is 18.8. The molecule has 0 aliphatic heterocycles. The number of rotatable bonds is 5. The zero-order valence-electron chi connectivity index (χ0n) is 12.0. The van der Waals surface area contributed by atoms with E-state index in [0.29, 0.717) is 0 Å². The molecule has 0 radical (unpaired) electrons. The first kappa shape index (κ1) is 15.5. The second kappa shape index (κ2) is 6.06. The summed E-state index contributed by atoms with van der Waals surface area (Å²) in [5.41, 5.74) is 8.56. The molecule has 0 aliphatic rings. The first-order valence-electron chi connectivity index (χ1n) is 6.58. The largest absolute Gasteiger partial charge is 0.508 e. The highest BCUT2D eigenvalue weighted by atomic mass is 16.4. The van der Waals surface area contributed by atoms with Crippen molar-refractivity contribution in [2.24, 2.45) is 5.73 Å². The predicted molar refractivity (Wildman–Crippen MR) is 75.6 cm³/mol. The Labute approximate surface area is 114 Å². The number of carboxylic acids is 1. The predicted octanol–water partition coefficient (Wildman–Crippen LogP) is 2.59. The summed E-state index contributed by atoms with van der Waals surface area (Å²) in [5.74, 6) is -0.362. The van der Waals surface area contributed by atoms with Crippen LogP contribution in [0.15, 0.2) is 12.1 Å². The van der Waals surface area contributed by atoms with Crippen LogP contribution < -0.4 is 5.73 Å². The number of hydrogen-bond donors (Lipinski definition) is 3. The summed E-state index contributed by atoms with van der Waals surface area (Å²) >= 11 is 0. The normalized spacial score (nSPS) is 13.0. The van der Waals surface area contributed by atoms with Crippen molar-refractivity contribution in [1.82, 2.24) is 0 Å². The number of phenolic OH excluding ortho intramolecular Hbond substituents is 1. The smallest absolute Gasteiger partial charge is 0.320 e. The molecule has 4 heteroatoms. The van der Waals surface area contributed by atoms with Crippen molar-refractivity contribution >= 4 is 5.97 Å². The average molecular weight is 265 g/mol. The highest BCUT2D eigenvalue weighted by Gasteiger charge is 2.20. The molecular weight excluding hydrogens is 242 g/mol. The van der Waals surface area contributed by atoms with Gasteiger partial charge in [0, 0.05) is 0 Å². The topological polar surface area (TPSA) is 83.5 Å². The summed E-state index contributed by atoms with van der Waals surface area (Å²) in [7, 11) is 0. The number of aliphatic carboxylic acids is 1. The zero-order valence-corrected chi connectivity index (χ0v) is 12.0. The van der Waals surface area contributed by atoms with E-state index in [9.17, 15) is 9.90 Å². The molecule has 0 aromatic heterocycles. The molecule has 106 valence electrons. The van der Waals surface area contributed by atoms with E-state index in [1.165, 1.54) is 0 Å². The molecule has 0 spiro atoms. The highest BCUT2D eigenvalue weighted by Crippen LogP contribution is 2.32. The molecule has 0 unspecified atom stereocenters. The van der Waals surface area contributed by atoms with Gasteiger partial charge in [-0.05, 0) is 47.1 Å². The van der Waals surface area contributed by atoms with Crippen LogP contribution in [0.4, 0.5) is 0 Å². The van der Waals surface area contributed by atoms with Crippen molar-refractivity contribution in [3.05, 3.63) is 28.8 Å². The lowest BCUT2D eigenvalue weighted by molar-refractivity contribution is -0.138.